The first-order chi connectivity index (χ1) is 15.0. The summed E-state index contributed by atoms with van der Waals surface area (Å²) in [6.45, 7) is 5.23. The number of hydrogen-bond acceptors (Lipinski definition) is 8. The van der Waals surface area contributed by atoms with Crippen molar-refractivity contribution in [2.75, 3.05) is 23.7 Å². The third kappa shape index (κ3) is 4.49. The minimum atomic E-state index is -1.79. The molecule has 3 aromatic rings. The Bertz CT molecular complexity index is 1070. The van der Waals surface area contributed by atoms with Crippen LogP contribution in [0.1, 0.15) is 54.1 Å². The fraction of sp³-hybridized carbons (Fsp3) is 0.381. The Labute approximate surface area is 183 Å². The van der Waals surface area contributed by atoms with Gasteiger partial charge in [-0.05, 0) is 50.5 Å². The summed E-state index contributed by atoms with van der Waals surface area (Å²) in [5.41, 5.74) is 0.509. The molecule has 0 spiro atoms. The molecule has 2 atom stereocenters. The molecule has 1 aliphatic rings. The molecule has 31 heavy (non-hydrogen) atoms. The molecule has 0 bridgehead atoms. The summed E-state index contributed by atoms with van der Waals surface area (Å²) in [6, 6.07) is 8.48. The minimum Gasteiger partial charge on any atom is -0.546 e. The number of aromatic hydroxyl groups is 1. The Kier molecular flexibility index (Phi) is 6.10. The zero-order valence-corrected chi connectivity index (χ0v) is 18.2. The van der Waals surface area contributed by atoms with Gasteiger partial charge in [0.05, 0.1) is 17.3 Å². The van der Waals surface area contributed by atoms with Gasteiger partial charge < -0.3 is 29.6 Å². The molecule has 4 rings (SSSR count). The van der Waals surface area contributed by atoms with Gasteiger partial charge in [-0.1, -0.05) is 13.0 Å². The second-order valence-corrected chi connectivity index (χ2v) is 8.32. The highest BCUT2D eigenvalue weighted by atomic mass is 32.2. The van der Waals surface area contributed by atoms with Gasteiger partial charge in [0.1, 0.15) is 11.5 Å². The summed E-state index contributed by atoms with van der Waals surface area (Å²) in [4.78, 5) is 14.5. The lowest BCUT2D eigenvalue weighted by Gasteiger charge is -2.17. The molecule has 3 heterocycles. The van der Waals surface area contributed by atoms with Crippen LogP contribution in [0.15, 0.2) is 34.7 Å². The number of phenolic OH excluding ortho intramolecular Hbond substituents is 1. The van der Waals surface area contributed by atoms with Gasteiger partial charge in [-0.2, -0.15) is 0 Å². The number of para-hydroxylation sites is 1. The van der Waals surface area contributed by atoms with Crippen LogP contribution in [-0.2, 0) is 0 Å². The maximum Gasteiger partial charge on any atom is 0.257 e. The molecule has 3 N–H and O–H groups in total. The lowest BCUT2D eigenvalue weighted by Crippen LogP contribution is -2.27. The Morgan fingerprint density at radius 1 is 1.26 bits per heavy atom. The van der Waals surface area contributed by atoms with E-state index in [1.807, 2.05) is 26.0 Å². The lowest BCUT2D eigenvalue weighted by molar-refractivity contribution is 0.0790. The number of anilines is 3. The average molecular weight is 444 g/mol. The molecule has 0 aliphatic carbocycles. The van der Waals surface area contributed by atoms with Crippen LogP contribution in [0.25, 0.3) is 0 Å². The van der Waals surface area contributed by atoms with E-state index in [0.717, 1.165) is 24.4 Å². The largest absolute Gasteiger partial charge is 0.546 e. The highest BCUT2D eigenvalue weighted by molar-refractivity contribution is 7.14. The number of aromatic nitrogens is 2. The molecule has 1 amide bonds. The van der Waals surface area contributed by atoms with Crippen molar-refractivity contribution < 1.29 is 18.9 Å². The van der Waals surface area contributed by atoms with Crippen LogP contribution >= 0.6 is 11.1 Å². The third-order valence-corrected chi connectivity index (χ3v) is 5.98. The number of amides is 1. The molecule has 2 aromatic heterocycles. The van der Waals surface area contributed by atoms with Crippen LogP contribution in [0.4, 0.5) is 17.3 Å². The first kappa shape index (κ1) is 21.1. The van der Waals surface area contributed by atoms with Gasteiger partial charge in [0.25, 0.3) is 5.91 Å². The van der Waals surface area contributed by atoms with E-state index in [-0.39, 0.29) is 29.1 Å². The van der Waals surface area contributed by atoms with Gasteiger partial charge in [-0.3, -0.25) is 4.79 Å². The summed E-state index contributed by atoms with van der Waals surface area (Å²) >= 11 is -1.79. The van der Waals surface area contributed by atoms with Crippen LogP contribution in [0.5, 0.6) is 5.75 Å². The van der Waals surface area contributed by atoms with Crippen molar-refractivity contribution in [2.45, 2.75) is 39.2 Å². The van der Waals surface area contributed by atoms with Gasteiger partial charge in [0.2, 0.25) is 11.6 Å². The van der Waals surface area contributed by atoms with Crippen molar-refractivity contribution in [3.63, 3.8) is 0 Å². The van der Waals surface area contributed by atoms with Gasteiger partial charge in [-0.25, -0.2) is 0 Å². The number of likely N-dealkylation sites (tertiary alicyclic amines) is 1. The standard InChI is InChI=1S/C21H25N5O4S/c1-3-15(17-10-9-13(2)30-17)22-19-20(25-31(29)24-19)23-16-8-6-7-14(18(16)27)21(28)26-11-4-5-12-26/h6-10,15,27H,3-5,11-12H2,1-2H3,(H,22,24)(H,23,25)/t15-,31?/m1/s1. The maximum absolute atomic E-state index is 12.7. The Balaban J connectivity index is 1.57. The number of carbonyl (C=O) groups is 1. The summed E-state index contributed by atoms with van der Waals surface area (Å²) in [5, 5.41) is 16.9. The Morgan fingerprint density at radius 3 is 2.68 bits per heavy atom. The fourth-order valence-corrected chi connectivity index (χ4v) is 4.28. The van der Waals surface area contributed by atoms with E-state index >= 15 is 0 Å². The van der Waals surface area contributed by atoms with E-state index < -0.39 is 11.1 Å². The first-order valence-corrected chi connectivity index (χ1v) is 11.3. The van der Waals surface area contributed by atoms with Crippen molar-refractivity contribution in [1.29, 1.82) is 0 Å². The lowest BCUT2D eigenvalue weighted by atomic mass is 10.1. The third-order valence-electron chi connectivity index (χ3n) is 5.30. The van der Waals surface area contributed by atoms with Crippen LogP contribution in [0, 0.1) is 6.92 Å². The summed E-state index contributed by atoms with van der Waals surface area (Å²) in [6.07, 6.45) is 2.63. The Hall–Kier alpha value is -3.11. The number of hydrogen-bond donors (Lipinski definition) is 3. The van der Waals surface area contributed by atoms with Crippen LogP contribution in [0.2, 0.25) is 0 Å². The summed E-state index contributed by atoms with van der Waals surface area (Å²) in [7, 11) is 0. The molecule has 0 saturated carbocycles. The number of furan rings is 1. The Morgan fingerprint density at radius 2 is 2.00 bits per heavy atom. The summed E-state index contributed by atoms with van der Waals surface area (Å²) in [5.74, 6) is 1.68. The number of phenols is 1. The van der Waals surface area contributed by atoms with Crippen LogP contribution in [0.3, 0.4) is 0 Å². The van der Waals surface area contributed by atoms with Crippen molar-refractivity contribution in [3.8, 4) is 5.75 Å². The second-order valence-electron chi connectivity index (χ2n) is 7.49. The van der Waals surface area contributed by atoms with E-state index in [0.29, 0.717) is 31.0 Å². The first-order valence-electron chi connectivity index (χ1n) is 10.3. The molecule has 1 unspecified atom stereocenters. The van der Waals surface area contributed by atoms with Crippen molar-refractivity contribution >= 4 is 34.4 Å². The van der Waals surface area contributed by atoms with E-state index in [2.05, 4.69) is 19.4 Å². The smallest absolute Gasteiger partial charge is 0.257 e. The zero-order chi connectivity index (χ0) is 22.0. The molecular formula is C21H25N5O4S. The van der Waals surface area contributed by atoms with Crippen LogP contribution < -0.4 is 10.6 Å². The predicted octanol–water partition coefficient (Wildman–Crippen LogP) is 4.35. The predicted molar refractivity (Wildman–Crippen MR) is 117 cm³/mol. The van der Waals surface area contributed by atoms with Gasteiger partial charge >= 0.3 is 0 Å². The molecule has 1 aliphatic heterocycles. The number of aryl methyl sites for hydroxylation is 1. The second kappa shape index (κ2) is 8.94. The number of nitrogens with zero attached hydrogens (tertiary/aromatic N) is 3. The quantitative estimate of drug-likeness (QED) is 0.363. The van der Waals surface area contributed by atoms with E-state index in [1.165, 1.54) is 0 Å². The van der Waals surface area contributed by atoms with E-state index in [1.54, 1.807) is 23.1 Å². The minimum absolute atomic E-state index is 0.173. The van der Waals surface area contributed by atoms with Gasteiger partial charge in [0.15, 0.2) is 16.9 Å². The molecule has 1 aromatic carbocycles. The van der Waals surface area contributed by atoms with Crippen molar-refractivity contribution in [2.24, 2.45) is 0 Å². The summed E-state index contributed by atoms with van der Waals surface area (Å²) < 4.78 is 25.8. The monoisotopic (exact) mass is 443 g/mol. The van der Waals surface area contributed by atoms with Crippen molar-refractivity contribution in [3.05, 3.63) is 47.4 Å². The molecular weight excluding hydrogens is 418 g/mol. The highest BCUT2D eigenvalue weighted by Crippen LogP contribution is 2.35. The zero-order valence-electron chi connectivity index (χ0n) is 17.4. The van der Waals surface area contributed by atoms with Crippen LogP contribution in [-0.4, -0.2) is 42.3 Å². The normalized spacial score (nSPS) is 15.2. The number of benzene rings is 1. The van der Waals surface area contributed by atoms with Gasteiger partial charge in [0, 0.05) is 21.8 Å². The highest BCUT2D eigenvalue weighted by Gasteiger charge is 2.25. The topological polar surface area (TPSA) is 127 Å². The van der Waals surface area contributed by atoms with Crippen molar-refractivity contribution in [1.82, 2.24) is 13.6 Å². The van der Waals surface area contributed by atoms with E-state index in [9.17, 15) is 14.5 Å². The molecule has 9 nitrogen and oxygen atoms in total. The maximum atomic E-state index is 12.7. The van der Waals surface area contributed by atoms with E-state index in [4.69, 9.17) is 4.42 Å². The fourth-order valence-electron chi connectivity index (χ4n) is 3.66. The SMILES string of the molecule is CC[C@@H](Nc1n[s+]([O-])nc1Nc1cccc(C(=O)N2CCCC2)c1O)c1ccc(C)o1. The number of carbonyl (C=O) groups excluding carboxylic acids is 1. The average Bonchev–Trinajstić information content (AvgIpc) is 3.49. The number of nitrogens with one attached hydrogen (secondary N) is 2. The molecule has 1 fully saturated rings. The molecule has 10 heteroatoms. The number of rotatable bonds is 7. The molecule has 164 valence electrons. The van der Waals surface area contributed by atoms with Gasteiger partial charge in [-0.15, -0.1) is 0 Å². The molecule has 0 radical (unpaired) electrons. The molecule has 1 saturated heterocycles.